The zero-order valence-corrected chi connectivity index (χ0v) is 41.5. The van der Waals surface area contributed by atoms with E-state index in [0.717, 1.165) is 32.1 Å². The van der Waals surface area contributed by atoms with E-state index in [0.29, 0.717) is 18.1 Å². The van der Waals surface area contributed by atoms with Crippen molar-refractivity contribution in [2.75, 3.05) is 15.5 Å². The number of rotatable bonds is 21. The van der Waals surface area contributed by atoms with Gasteiger partial charge in [-0.3, -0.25) is 0 Å². The summed E-state index contributed by atoms with van der Waals surface area (Å²) in [6, 6.07) is 20.6. The van der Waals surface area contributed by atoms with Crippen LogP contribution in [-0.2, 0) is 0 Å². The van der Waals surface area contributed by atoms with Crippen molar-refractivity contribution in [3.63, 3.8) is 0 Å². The highest BCUT2D eigenvalue weighted by atomic mass is 15.4. The number of anilines is 3. The van der Waals surface area contributed by atoms with E-state index >= 15 is 0 Å². The molecule has 4 heteroatoms. The summed E-state index contributed by atoms with van der Waals surface area (Å²) in [6.45, 7) is 34.6. The lowest BCUT2D eigenvalue weighted by Crippen LogP contribution is -2.41. The van der Waals surface area contributed by atoms with Gasteiger partial charge in [-0.2, -0.15) is 0 Å². The Morgan fingerprint density at radius 2 is 0.869 bits per heavy atom. The van der Waals surface area contributed by atoms with Gasteiger partial charge in [0.25, 0.3) is 5.84 Å². The number of unbranched alkanes of at least 4 members (excludes halogenated alkanes) is 4. The normalized spacial score (nSPS) is 16.4. The zero-order chi connectivity index (χ0) is 44.5. The Morgan fingerprint density at radius 1 is 0.475 bits per heavy atom. The first-order valence-corrected chi connectivity index (χ1v) is 24.4. The summed E-state index contributed by atoms with van der Waals surface area (Å²) in [5, 5.41) is 8.42. The minimum absolute atomic E-state index is 0.283. The van der Waals surface area contributed by atoms with E-state index in [1.54, 1.807) is 0 Å². The molecule has 0 aromatic heterocycles. The summed E-state index contributed by atoms with van der Waals surface area (Å²) < 4.78 is 2.89. The number of hydrogen-bond donors (Lipinski definition) is 2. The molecule has 2 unspecified atom stereocenters. The topological polar surface area (TPSA) is 30.3 Å². The number of nitrogens with zero attached hydrogens (tertiary/aromatic N) is 2. The summed E-state index contributed by atoms with van der Waals surface area (Å²) >= 11 is 0. The van der Waals surface area contributed by atoms with Gasteiger partial charge < -0.3 is 10.6 Å². The van der Waals surface area contributed by atoms with Gasteiger partial charge in [-0.1, -0.05) is 124 Å². The average molecular weight is 826 g/mol. The van der Waals surface area contributed by atoms with Crippen molar-refractivity contribution < 1.29 is 4.58 Å². The lowest BCUT2D eigenvalue weighted by atomic mass is 9.93. The van der Waals surface area contributed by atoms with Gasteiger partial charge in [-0.25, -0.2) is 9.48 Å². The molecule has 1 aliphatic rings. The van der Waals surface area contributed by atoms with Crippen molar-refractivity contribution in [3.05, 3.63) is 115 Å². The highest BCUT2D eigenvalue weighted by Crippen LogP contribution is 2.41. The molecule has 1 aliphatic heterocycles. The highest BCUT2D eigenvalue weighted by Gasteiger charge is 2.49. The zero-order valence-electron chi connectivity index (χ0n) is 41.5. The van der Waals surface area contributed by atoms with Gasteiger partial charge in [0.15, 0.2) is 0 Å². The molecule has 4 aromatic rings. The van der Waals surface area contributed by atoms with Gasteiger partial charge in [0, 0.05) is 29.9 Å². The first-order valence-electron chi connectivity index (χ1n) is 24.4. The molecule has 0 saturated heterocycles. The van der Waals surface area contributed by atoms with Crippen LogP contribution in [0.15, 0.2) is 48.5 Å². The van der Waals surface area contributed by atoms with Crippen molar-refractivity contribution in [1.29, 1.82) is 0 Å². The number of nitrogens with one attached hydrogen (secondary N) is 2. The molecule has 0 saturated carbocycles. The number of aryl methyl sites for hydroxylation is 12. The molecule has 0 spiro atoms. The Balaban J connectivity index is 1.61. The van der Waals surface area contributed by atoms with Gasteiger partial charge in [-0.05, 0) is 173 Å². The summed E-state index contributed by atoms with van der Waals surface area (Å²) in [5.74, 6) is 1.52. The number of benzene rings is 4. The first kappa shape index (κ1) is 48.0. The summed E-state index contributed by atoms with van der Waals surface area (Å²) in [6.07, 6.45) is 15.4. The molecule has 61 heavy (non-hydrogen) atoms. The van der Waals surface area contributed by atoms with Crippen LogP contribution in [0.5, 0.6) is 0 Å². The molecule has 0 amide bonds. The maximum atomic E-state index is 4.23. The van der Waals surface area contributed by atoms with Crippen molar-refractivity contribution in [2.24, 2.45) is 0 Å². The lowest BCUT2D eigenvalue weighted by Gasteiger charge is -2.33. The SMILES string of the molecule is CCCCC(Nc1c(C)cc(C)cc1C)C(CCCCC1=[N+](c2c(C)cc(C)cc2C)[C@H](CCCC)[C@@H](CCCC)N1c1c(C)cc(C)cc1C)Nc1c(C)cc(C)cc1C. The standard InChI is InChI=1S/C57H85N4/c1-16-19-24-49(58-54-41(8)29-37(4)30-42(54)9)50(59-55-43(10)31-38(5)32-44(55)11)25-22-23-28-53-60(56-45(12)33-39(6)34-46(56)13)51(26-20-17-2)52(27-21-18-3)61(53)57-47(14)35-40(7)36-48(57)15/h29-36,49-52,58-59H,16-28H2,1-15H3/q+1/t49?,50?,51-,52-/m1/s1. The Bertz CT molecular complexity index is 2050. The molecule has 4 nitrogen and oxygen atoms in total. The molecule has 1 heterocycles. The van der Waals surface area contributed by atoms with Crippen LogP contribution < -0.4 is 15.5 Å². The average Bonchev–Trinajstić information content (AvgIpc) is 3.45. The fourth-order valence-corrected chi connectivity index (χ4v) is 11.3. The third kappa shape index (κ3) is 11.5. The molecule has 5 rings (SSSR count). The van der Waals surface area contributed by atoms with Crippen LogP contribution in [0.1, 0.15) is 171 Å². The summed E-state index contributed by atoms with van der Waals surface area (Å²) in [7, 11) is 0. The predicted octanol–water partition coefficient (Wildman–Crippen LogP) is 15.8. The minimum atomic E-state index is 0.283. The van der Waals surface area contributed by atoms with Gasteiger partial charge in [-0.15, -0.1) is 0 Å². The molecule has 0 fully saturated rings. The highest BCUT2D eigenvalue weighted by molar-refractivity contribution is 5.98. The smallest absolute Gasteiger partial charge is 0.257 e. The Kier molecular flexibility index (Phi) is 17.2. The van der Waals surface area contributed by atoms with Crippen molar-refractivity contribution in [3.8, 4) is 0 Å². The minimum Gasteiger partial charge on any atom is -0.380 e. The van der Waals surface area contributed by atoms with E-state index < -0.39 is 0 Å². The van der Waals surface area contributed by atoms with E-state index in [9.17, 15) is 0 Å². The van der Waals surface area contributed by atoms with Crippen LogP contribution in [0.2, 0.25) is 0 Å². The molecular weight excluding hydrogens is 741 g/mol. The molecule has 0 radical (unpaired) electrons. The molecule has 4 atom stereocenters. The fraction of sp³-hybridized carbons (Fsp3) is 0.561. The molecule has 4 aromatic carbocycles. The lowest BCUT2D eigenvalue weighted by molar-refractivity contribution is -0.481. The van der Waals surface area contributed by atoms with Crippen LogP contribution in [0.4, 0.5) is 22.7 Å². The summed E-state index contributed by atoms with van der Waals surface area (Å²) in [5.41, 5.74) is 21.9. The molecule has 332 valence electrons. The van der Waals surface area contributed by atoms with Crippen LogP contribution in [-0.4, -0.2) is 34.6 Å². The molecule has 2 N–H and O–H groups in total. The molecule has 0 aliphatic carbocycles. The molecular formula is C57H85N4+. The van der Waals surface area contributed by atoms with E-state index in [1.165, 1.54) is 147 Å². The molecule has 0 bridgehead atoms. The second-order valence-electron chi connectivity index (χ2n) is 19.5. The van der Waals surface area contributed by atoms with Gasteiger partial charge in [0.2, 0.25) is 0 Å². The Hall–Kier alpha value is -4.05. The Labute approximate surface area is 374 Å². The monoisotopic (exact) mass is 826 g/mol. The van der Waals surface area contributed by atoms with Crippen LogP contribution in [0.3, 0.4) is 0 Å². The van der Waals surface area contributed by atoms with E-state index in [-0.39, 0.29) is 6.04 Å². The van der Waals surface area contributed by atoms with Crippen molar-refractivity contribution in [1.82, 2.24) is 0 Å². The van der Waals surface area contributed by atoms with Gasteiger partial charge >= 0.3 is 0 Å². The van der Waals surface area contributed by atoms with E-state index in [1.807, 2.05) is 0 Å². The number of amidine groups is 1. The number of hydrogen-bond acceptors (Lipinski definition) is 3. The van der Waals surface area contributed by atoms with E-state index in [4.69, 9.17) is 0 Å². The maximum Gasteiger partial charge on any atom is 0.257 e. The van der Waals surface area contributed by atoms with E-state index in [2.05, 4.69) is 172 Å². The third-order valence-electron chi connectivity index (χ3n) is 13.7. The van der Waals surface area contributed by atoms with Crippen LogP contribution >= 0.6 is 0 Å². The van der Waals surface area contributed by atoms with Crippen LogP contribution in [0.25, 0.3) is 0 Å². The fourth-order valence-electron chi connectivity index (χ4n) is 11.3. The quantitative estimate of drug-likeness (QED) is 0.0648. The predicted molar refractivity (Wildman–Crippen MR) is 269 cm³/mol. The summed E-state index contributed by atoms with van der Waals surface area (Å²) in [4.78, 5) is 2.89. The third-order valence-corrected chi connectivity index (χ3v) is 13.7. The van der Waals surface area contributed by atoms with Crippen molar-refractivity contribution in [2.45, 2.75) is 211 Å². The maximum absolute atomic E-state index is 4.23. The first-order chi connectivity index (χ1) is 29.1. The second kappa shape index (κ2) is 21.8. The second-order valence-corrected chi connectivity index (χ2v) is 19.5. The largest absolute Gasteiger partial charge is 0.380 e. The van der Waals surface area contributed by atoms with Crippen LogP contribution in [0, 0.1) is 83.1 Å². The van der Waals surface area contributed by atoms with Crippen molar-refractivity contribution >= 4 is 28.6 Å². The van der Waals surface area contributed by atoms with Gasteiger partial charge in [0.1, 0.15) is 23.5 Å². The Morgan fingerprint density at radius 3 is 1.31 bits per heavy atom. The van der Waals surface area contributed by atoms with Gasteiger partial charge in [0.05, 0.1) is 0 Å².